The summed E-state index contributed by atoms with van der Waals surface area (Å²) < 4.78 is 15.1. The Balaban J connectivity index is 4.12. The fraction of sp³-hybridized carbons (Fsp3) is 0.846. The third-order valence-corrected chi connectivity index (χ3v) is 2.34. The van der Waals surface area contributed by atoms with Gasteiger partial charge in [0.25, 0.3) is 0 Å². The summed E-state index contributed by atoms with van der Waals surface area (Å²) in [6, 6.07) is 0. The molecular formula is C13H24O5. The van der Waals surface area contributed by atoms with Gasteiger partial charge in [-0.25, -0.2) is 0 Å². The fourth-order valence-corrected chi connectivity index (χ4v) is 1.37. The third-order valence-electron chi connectivity index (χ3n) is 2.34. The molecule has 0 atom stereocenters. The molecule has 0 saturated heterocycles. The van der Waals surface area contributed by atoms with Crippen LogP contribution in [0.25, 0.3) is 0 Å². The number of carbonyl (C=O) groups is 2. The Morgan fingerprint density at radius 2 is 1.50 bits per heavy atom. The van der Waals surface area contributed by atoms with Crippen molar-refractivity contribution in [3.63, 3.8) is 0 Å². The summed E-state index contributed by atoms with van der Waals surface area (Å²) in [5, 5.41) is 0. The van der Waals surface area contributed by atoms with E-state index in [0.717, 1.165) is 12.8 Å². The van der Waals surface area contributed by atoms with Gasteiger partial charge in [0.15, 0.2) is 5.92 Å². The first-order valence-corrected chi connectivity index (χ1v) is 6.58. The van der Waals surface area contributed by atoms with Crippen LogP contribution in [0.2, 0.25) is 0 Å². The summed E-state index contributed by atoms with van der Waals surface area (Å²) in [5.74, 6) is -1.93. The second-order valence-corrected chi connectivity index (χ2v) is 3.81. The van der Waals surface area contributed by atoms with Gasteiger partial charge in [0.1, 0.15) is 0 Å². The minimum atomic E-state index is -0.869. The van der Waals surface area contributed by atoms with Crippen LogP contribution in [0, 0.1) is 5.92 Å². The molecule has 0 aromatic carbocycles. The molecule has 5 nitrogen and oxygen atoms in total. The van der Waals surface area contributed by atoms with Crippen molar-refractivity contribution in [3.8, 4) is 0 Å². The number of ether oxygens (including phenoxy) is 3. The van der Waals surface area contributed by atoms with Crippen molar-refractivity contribution < 1.29 is 23.8 Å². The molecule has 0 fully saturated rings. The molecule has 18 heavy (non-hydrogen) atoms. The van der Waals surface area contributed by atoms with Gasteiger partial charge in [-0.2, -0.15) is 0 Å². The van der Waals surface area contributed by atoms with E-state index in [2.05, 4.69) is 6.92 Å². The van der Waals surface area contributed by atoms with Crippen LogP contribution < -0.4 is 0 Å². The lowest BCUT2D eigenvalue weighted by Gasteiger charge is -2.14. The molecule has 106 valence electrons. The Hall–Kier alpha value is -1.10. The number of hydrogen-bond donors (Lipinski definition) is 0. The van der Waals surface area contributed by atoms with Crippen molar-refractivity contribution >= 4 is 11.9 Å². The Morgan fingerprint density at radius 3 is 1.94 bits per heavy atom. The van der Waals surface area contributed by atoms with Crippen molar-refractivity contribution in [2.75, 3.05) is 26.4 Å². The maximum Gasteiger partial charge on any atom is 0.320 e. The summed E-state index contributed by atoms with van der Waals surface area (Å²) in [5.41, 5.74) is 0. The average molecular weight is 260 g/mol. The summed E-state index contributed by atoms with van der Waals surface area (Å²) >= 11 is 0. The minimum absolute atomic E-state index is 0.255. The van der Waals surface area contributed by atoms with E-state index in [0.29, 0.717) is 19.6 Å². The monoisotopic (exact) mass is 260 g/mol. The van der Waals surface area contributed by atoms with E-state index in [9.17, 15) is 9.59 Å². The molecule has 0 rings (SSSR count). The highest BCUT2D eigenvalue weighted by Gasteiger charge is 2.28. The minimum Gasteiger partial charge on any atom is -0.465 e. The fourth-order valence-electron chi connectivity index (χ4n) is 1.37. The number of carbonyl (C=O) groups excluding carboxylic acids is 2. The van der Waals surface area contributed by atoms with Gasteiger partial charge < -0.3 is 14.2 Å². The van der Waals surface area contributed by atoms with Crippen LogP contribution in [0.1, 0.15) is 40.0 Å². The van der Waals surface area contributed by atoms with Gasteiger partial charge in [-0.15, -0.1) is 0 Å². The van der Waals surface area contributed by atoms with Crippen molar-refractivity contribution in [1.82, 2.24) is 0 Å². The Bertz CT molecular complexity index is 222. The highest BCUT2D eigenvalue weighted by molar-refractivity contribution is 5.94. The van der Waals surface area contributed by atoms with Crippen LogP contribution in [0.15, 0.2) is 0 Å². The number of esters is 2. The van der Waals surface area contributed by atoms with Gasteiger partial charge in [0.05, 0.1) is 13.2 Å². The zero-order valence-electron chi connectivity index (χ0n) is 11.6. The molecule has 0 spiro atoms. The van der Waals surface area contributed by atoms with E-state index in [1.165, 1.54) is 0 Å². The first-order chi connectivity index (χ1) is 8.67. The standard InChI is InChI=1S/C13H24O5/c1-4-7-9-16-10-8-11(12(14)17-5-2)13(15)18-6-3/h11H,4-10H2,1-3H3. The Labute approximate surface area is 109 Å². The lowest BCUT2D eigenvalue weighted by Crippen LogP contribution is -2.29. The highest BCUT2D eigenvalue weighted by atomic mass is 16.6. The van der Waals surface area contributed by atoms with Gasteiger partial charge in [0.2, 0.25) is 0 Å². The Morgan fingerprint density at radius 1 is 0.944 bits per heavy atom. The predicted molar refractivity (Wildman–Crippen MR) is 67.1 cm³/mol. The second kappa shape index (κ2) is 11.0. The first kappa shape index (κ1) is 16.9. The van der Waals surface area contributed by atoms with E-state index in [1.807, 2.05) is 0 Å². The summed E-state index contributed by atoms with van der Waals surface area (Å²) in [7, 11) is 0. The van der Waals surface area contributed by atoms with Gasteiger partial charge >= 0.3 is 11.9 Å². The first-order valence-electron chi connectivity index (χ1n) is 6.58. The summed E-state index contributed by atoms with van der Waals surface area (Å²) in [4.78, 5) is 23.2. The van der Waals surface area contributed by atoms with Gasteiger partial charge in [-0.05, 0) is 26.7 Å². The van der Waals surface area contributed by atoms with Crippen LogP contribution in [-0.2, 0) is 23.8 Å². The second-order valence-electron chi connectivity index (χ2n) is 3.81. The molecule has 0 aliphatic carbocycles. The van der Waals surface area contributed by atoms with Crippen molar-refractivity contribution in [3.05, 3.63) is 0 Å². The summed E-state index contributed by atoms with van der Waals surface area (Å²) in [6.45, 7) is 7.01. The molecule has 0 bridgehead atoms. The molecule has 5 heteroatoms. The predicted octanol–water partition coefficient (Wildman–Crippen LogP) is 1.94. The molecule has 0 aliphatic heterocycles. The maximum absolute atomic E-state index is 11.6. The number of hydrogen-bond acceptors (Lipinski definition) is 5. The van der Waals surface area contributed by atoms with Gasteiger partial charge in [-0.3, -0.25) is 9.59 Å². The quantitative estimate of drug-likeness (QED) is 0.341. The maximum atomic E-state index is 11.6. The third kappa shape index (κ3) is 7.27. The van der Waals surface area contributed by atoms with Crippen LogP contribution in [0.3, 0.4) is 0 Å². The number of unbranched alkanes of at least 4 members (excludes halogenated alkanes) is 1. The molecule has 0 radical (unpaired) electrons. The molecule has 0 amide bonds. The van der Waals surface area contributed by atoms with Crippen LogP contribution in [0.5, 0.6) is 0 Å². The van der Waals surface area contributed by atoms with Crippen LogP contribution >= 0.6 is 0 Å². The van der Waals surface area contributed by atoms with Crippen LogP contribution in [0.4, 0.5) is 0 Å². The lowest BCUT2D eigenvalue weighted by atomic mass is 10.1. The number of rotatable bonds is 10. The van der Waals surface area contributed by atoms with E-state index in [-0.39, 0.29) is 13.2 Å². The molecule has 0 heterocycles. The van der Waals surface area contributed by atoms with E-state index in [1.54, 1.807) is 13.8 Å². The van der Waals surface area contributed by atoms with Gasteiger partial charge in [-0.1, -0.05) is 13.3 Å². The van der Waals surface area contributed by atoms with E-state index < -0.39 is 17.9 Å². The normalized spacial score (nSPS) is 10.4. The molecule has 0 aliphatic rings. The molecule has 0 unspecified atom stereocenters. The molecule has 0 N–H and O–H groups in total. The smallest absolute Gasteiger partial charge is 0.320 e. The van der Waals surface area contributed by atoms with Crippen LogP contribution in [-0.4, -0.2) is 38.4 Å². The zero-order chi connectivity index (χ0) is 13.8. The lowest BCUT2D eigenvalue weighted by molar-refractivity contribution is -0.162. The molecular weight excluding hydrogens is 236 g/mol. The molecule has 0 saturated carbocycles. The topological polar surface area (TPSA) is 61.8 Å². The molecule has 0 aromatic heterocycles. The average Bonchev–Trinajstić information content (AvgIpc) is 2.34. The van der Waals surface area contributed by atoms with E-state index in [4.69, 9.17) is 14.2 Å². The zero-order valence-corrected chi connectivity index (χ0v) is 11.6. The molecule has 0 aromatic rings. The van der Waals surface area contributed by atoms with Gasteiger partial charge in [0, 0.05) is 13.2 Å². The Kier molecular flexibility index (Phi) is 10.3. The highest BCUT2D eigenvalue weighted by Crippen LogP contribution is 2.09. The van der Waals surface area contributed by atoms with Crippen molar-refractivity contribution in [2.24, 2.45) is 5.92 Å². The SMILES string of the molecule is CCCCOCCC(C(=O)OCC)C(=O)OCC. The van der Waals surface area contributed by atoms with Crippen molar-refractivity contribution in [1.29, 1.82) is 0 Å². The largest absolute Gasteiger partial charge is 0.465 e. The van der Waals surface area contributed by atoms with E-state index >= 15 is 0 Å². The summed E-state index contributed by atoms with van der Waals surface area (Å²) in [6.07, 6.45) is 2.34. The van der Waals surface area contributed by atoms with Crippen molar-refractivity contribution in [2.45, 2.75) is 40.0 Å².